The maximum Gasteiger partial charge on any atom is 0.265 e. The van der Waals surface area contributed by atoms with Crippen LogP contribution in [0.4, 0.5) is 5.69 Å². The van der Waals surface area contributed by atoms with Gasteiger partial charge in [0.1, 0.15) is 4.90 Å². The zero-order valence-electron chi connectivity index (χ0n) is 15.7. The fourth-order valence-corrected chi connectivity index (χ4v) is 6.20. The Bertz CT molecular complexity index is 1160. The van der Waals surface area contributed by atoms with Crippen molar-refractivity contribution in [2.24, 2.45) is 0 Å². The van der Waals surface area contributed by atoms with Crippen molar-refractivity contribution >= 4 is 44.6 Å². The lowest BCUT2D eigenvalue weighted by atomic mass is 10.2. The summed E-state index contributed by atoms with van der Waals surface area (Å²) in [5.74, 6) is -0.256. The number of thiophene rings is 1. The molecule has 0 radical (unpaired) electrons. The lowest BCUT2D eigenvalue weighted by molar-refractivity contribution is 0.0786. The van der Waals surface area contributed by atoms with Crippen molar-refractivity contribution in [3.8, 4) is 0 Å². The molecule has 29 heavy (non-hydrogen) atoms. The number of rotatable bonds is 5. The highest BCUT2D eigenvalue weighted by Crippen LogP contribution is 2.35. The maximum absolute atomic E-state index is 13.3. The molecule has 0 saturated heterocycles. The highest BCUT2D eigenvalue weighted by atomic mass is 35.5. The Morgan fingerprint density at radius 1 is 1.17 bits per heavy atom. The van der Waals surface area contributed by atoms with Gasteiger partial charge in [-0.15, -0.1) is 11.3 Å². The van der Waals surface area contributed by atoms with Crippen LogP contribution in [0.1, 0.15) is 20.8 Å². The molecule has 0 saturated carbocycles. The molecule has 0 N–H and O–H groups in total. The van der Waals surface area contributed by atoms with Gasteiger partial charge >= 0.3 is 0 Å². The Morgan fingerprint density at radius 3 is 2.72 bits per heavy atom. The molecular formula is C21H19ClN2O3S2. The lowest BCUT2D eigenvalue weighted by Gasteiger charge is -2.21. The largest absolute Gasteiger partial charge is 0.337 e. The zero-order valence-corrected chi connectivity index (χ0v) is 18.1. The van der Waals surface area contributed by atoms with Gasteiger partial charge in [-0.05, 0) is 47.7 Å². The molecule has 1 aliphatic rings. The summed E-state index contributed by atoms with van der Waals surface area (Å²) < 4.78 is 28.0. The van der Waals surface area contributed by atoms with Gasteiger partial charge in [0, 0.05) is 24.0 Å². The van der Waals surface area contributed by atoms with Crippen LogP contribution in [0, 0.1) is 0 Å². The van der Waals surface area contributed by atoms with E-state index in [2.05, 4.69) is 0 Å². The summed E-state index contributed by atoms with van der Waals surface area (Å²) in [4.78, 5) is 15.4. The summed E-state index contributed by atoms with van der Waals surface area (Å²) in [6.07, 6.45) is 0.648. The van der Waals surface area contributed by atoms with E-state index in [1.54, 1.807) is 35.4 Å². The first-order valence-corrected chi connectivity index (χ1v) is 11.8. The average molecular weight is 447 g/mol. The number of carbonyl (C=O) groups is 1. The second-order valence-corrected chi connectivity index (χ2v) is 10.1. The molecule has 2 aromatic carbocycles. The first-order chi connectivity index (χ1) is 13.9. The summed E-state index contributed by atoms with van der Waals surface area (Å²) in [7, 11) is -2.19. The van der Waals surface area contributed by atoms with E-state index in [0.717, 1.165) is 10.4 Å². The summed E-state index contributed by atoms with van der Waals surface area (Å²) in [6, 6.07) is 15.7. The van der Waals surface area contributed by atoms with Gasteiger partial charge in [-0.2, -0.15) is 0 Å². The minimum atomic E-state index is -3.88. The number of anilines is 1. The van der Waals surface area contributed by atoms with Crippen LogP contribution in [-0.2, 0) is 23.0 Å². The van der Waals surface area contributed by atoms with E-state index < -0.39 is 10.0 Å². The van der Waals surface area contributed by atoms with Gasteiger partial charge in [0.05, 0.1) is 17.3 Å². The summed E-state index contributed by atoms with van der Waals surface area (Å²) >= 11 is 7.82. The number of sulfonamides is 1. The number of para-hydroxylation sites is 1. The van der Waals surface area contributed by atoms with E-state index in [0.29, 0.717) is 30.8 Å². The van der Waals surface area contributed by atoms with Crippen LogP contribution in [0.5, 0.6) is 0 Å². The van der Waals surface area contributed by atoms with E-state index in [1.807, 2.05) is 35.7 Å². The van der Waals surface area contributed by atoms with Crippen molar-refractivity contribution in [3.05, 3.63) is 81.0 Å². The molecule has 1 aromatic heterocycles. The van der Waals surface area contributed by atoms with E-state index in [9.17, 15) is 13.2 Å². The average Bonchev–Trinajstić information content (AvgIpc) is 3.37. The maximum atomic E-state index is 13.3. The van der Waals surface area contributed by atoms with Crippen LogP contribution >= 0.6 is 22.9 Å². The predicted molar refractivity (Wildman–Crippen MR) is 116 cm³/mol. The Labute approximate surface area is 179 Å². The summed E-state index contributed by atoms with van der Waals surface area (Å²) in [5.41, 5.74) is 1.93. The quantitative estimate of drug-likeness (QED) is 0.582. The van der Waals surface area contributed by atoms with Crippen LogP contribution in [0.2, 0.25) is 5.02 Å². The van der Waals surface area contributed by atoms with E-state index in [4.69, 9.17) is 11.6 Å². The van der Waals surface area contributed by atoms with Gasteiger partial charge < -0.3 is 4.90 Å². The normalized spacial score (nSPS) is 13.4. The van der Waals surface area contributed by atoms with Crippen molar-refractivity contribution in [2.75, 3.05) is 17.9 Å². The third kappa shape index (κ3) is 3.77. The molecule has 0 atom stereocenters. The van der Waals surface area contributed by atoms with Crippen molar-refractivity contribution in [1.29, 1.82) is 0 Å². The molecule has 150 valence electrons. The van der Waals surface area contributed by atoms with Gasteiger partial charge in [0.2, 0.25) is 0 Å². The second-order valence-electron chi connectivity index (χ2n) is 6.84. The molecule has 3 aromatic rings. The molecule has 1 amide bonds. The molecule has 2 heterocycles. The third-order valence-corrected chi connectivity index (χ3v) is 8.07. The molecule has 0 spiro atoms. The molecule has 0 bridgehead atoms. The SMILES string of the molecule is CN(Cc1cccs1)C(=O)c1ccc(Cl)c(S(=O)(=O)N2CCc3ccccc32)c1. The van der Waals surface area contributed by atoms with Gasteiger partial charge in [-0.3, -0.25) is 9.10 Å². The molecule has 4 rings (SSSR count). The van der Waals surface area contributed by atoms with Gasteiger partial charge in [-0.1, -0.05) is 35.9 Å². The lowest BCUT2D eigenvalue weighted by Crippen LogP contribution is -2.30. The number of carbonyl (C=O) groups excluding carboxylic acids is 1. The first-order valence-electron chi connectivity index (χ1n) is 9.06. The number of hydrogen-bond acceptors (Lipinski definition) is 4. The fraction of sp³-hybridized carbons (Fsp3) is 0.190. The highest BCUT2D eigenvalue weighted by Gasteiger charge is 2.32. The predicted octanol–water partition coefficient (Wildman–Crippen LogP) is 4.43. The molecule has 0 fully saturated rings. The third-order valence-electron chi connectivity index (χ3n) is 4.91. The van der Waals surface area contributed by atoms with Crippen LogP contribution in [-0.4, -0.2) is 32.8 Å². The molecule has 1 aliphatic heterocycles. The minimum absolute atomic E-state index is 0.0498. The molecule has 8 heteroatoms. The number of fused-ring (bicyclic) bond motifs is 1. The Kier molecular flexibility index (Phi) is 5.38. The molecular weight excluding hydrogens is 428 g/mol. The zero-order chi connectivity index (χ0) is 20.6. The Morgan fingerprint density at radius 2 is 1.97 bits per heavy atom. The van der Waals surface area contributed by atoms with Crippen LogP contribution in [0.3, 0.4) is 0 Å². The number of benzene rings is 2. The Balaban J connectivity index is 1.66. The van der Waals surface area contributed by atoms with Crippen LogP contribution < -0.4 is 4.31 Å². The second kappa shape index (κ2) is 7.82. The van der Waals surface area contributed by atoms with E-state index in [1.165, 1.54) is 16.4 Å². The van der Waals surface area contributed by atoms with Crippen molar-refractivity contribution in [1.82, 2.24) is 4.90 Å². The number of amides is 1. The van der Waals surface area contributed by atoms with Gasteiger partial charge in [-0.25, -0.2) is 8.42 Å². The summed E-state index contributed by atoms with van der Waals surface area (Å²) in [6.45, 7) is 0.815. The van der Waals surface area contributed by atoms with Crippen molar-refractivity contribution < 1.29 is 13.2 Å². The van der Waals surface area contributed by atoms with Gasteiger partial charge in [0.15, 0.2) is 0 Å². The minimum Gasteiger partial charge on any atom is -0.337 e. The molecule has 5 nitrogen and oxygen atoms in total. The van der Waals surface area contributed by atoms with Crippen LogP contribution in [0.15, 0.2) is 64.9 Å². The monoisotopic (exact) mass is 446 g/mol. The van der Waals surface area contributed by atoms with Crippen LogP contribution in [0.25, 0.3) is 0 Å². The van der Waals surface area contributed by atoms with Gasteiger partial charge in [0.25, 0.3) is 15.9 Å². The molecule has 0 unspecified atom stereocenters. The van der Waals surface area contributed by atoms with Crippen molar-refractivity contribution in [3.63, 3.8) is 0 Å². The smallest absolute Gasteiger partial charge is 0.265 e. The van der Waals surface area contributed by atoms with E-state index in [-0.39, 0.29) is 15.8 Å². The Hall–Kier alpha value is -2.35. The first kappa shape index (κ1) is 19.9. The summed E-state index contributed by atoms with van der Waals surface area (Å²) in [5, 5.41) is 2.06. The highest BCUT2D eigenvalue weighted by molar-refractivity contribution is 7.93. The molecule has 0 aliphatic carbocycles. The van der Waals surface area contributed by atoms with Crippen molar-refractivity contribution in [2.45, 2.75) is 17.9 Å². The topological polar surface area (TPSA) is 57.7 Å². The number of nitrogens with zero attached hydrogens (tertiary/aromatic N) is 2. The standard InChI is InChI=1S/C21H19ClN2O3S2/c1-23(14-17-6-4-12-28-17)21(25)16-8-9-18(22)20(13-16)29(26,27)24-11-10-15-5-2-3-7-19(15)24/h2-9,12-13H,10-11,14H2,1H3. The number of hydrogen-bond donors (Lipinski definition) is 0. The van der Waals surface area contributed by atoms with E-state index >= 15 is 0 Å². The number of halogens is 1. The fourth-order valence-electron chi connectivity index (χ4n) is 3.44.